The van der Waals surface area contributed by atoms with E-state index in [9.17, 15) is 4.79 Å². The van der Waals surface area contributed by atoms with Crippen molar-refractivity contribution in [2.45, 2.75) is 20.4 Å². The second-order valence-electron chi connectivity index (χ2n) is 5.16. The van der Waals surface area contributed by atoms with Crippen LogP contribution in [0.4, 0.5) is 5.82 Å². The highest BCUT2D eigenvalue weighted by atomic mass is 16.2. The minimum atomic E-state index is -0.0940. The number of nitrogens with zero attached hydrogens (tertiary/aromatic N) is 3. The normalized spacial score (nSPS) is 10.2. The highest BCUT2D eigenvalue weighted by molar-refractivity contribution is 5.93. The van der Waals surface area contributed by atoms with Gasteiger partial charge in [-0.2, -0.15) is 0 Å². The first kappa shape index (κ1) is 16.7. The van der Waals surface area contributed by atoms with Crippen LogP contribution in [0.5, 0.6) is 0 Å². The summed E-state index contributed by atoms with van der Waals surface area (Å²) in [4.78, 5) is 23.1. The molecule has 1 N–H and O–H groups in total. The lowest BCUT2D eigenvalue weighted by molar-refractivity contribution is 0.0746. The van der Waals surface area contributed by atoms with Crippen molar-refractivity contribution in [2.24, 2.45) is 0 Å². The number of nitrogens with one attached hydrogen (secondary N) is 1. The standard InChI is InChI=1S/C18H22N4O/c1-4-11-19-17-12-16(20-14(3)21-17)18(23)22(5-2)13-15-9-7-6-8-10-15/h4,6-10,12H,1,5,11,13H2,2-3H3,(H,19,20,21). The van der Waals surface area contributed by atoms with Crippen molar-refractivity contribution in [2.75, 3.05) is 18.4 Å². The Kier molecular flexibility index (Phi) is 5.86. The number of amides is 1. The second-order valence-corrected chi connectivity index (χ2v) is 5.16. The van der Waals surface area contributed by atoms with Gasteiger partial charge in [0.15, 0.2) is 0 Å². The van der Waals surface area contributed by atoms with Gasteiger partial charge in [0.1, 0.15) is 17.3 Å². The lowest BCUT2D eigenvalue weighted by Gasteiger charge is -2.21. The van der Waals surface area contributed by atoms with Crippen LogP contribution < -0.4 is 5.32 Å². The molecule has 0 radical (unpaired) electrons. The van der Waals surface area contributed by atoms with E-state index in [1.807, 2.05) is 37.3 Å². The van der Waals surface area contributed by atoms with E-state index in [1.165, 1.54) is 0 Å². The first-order valence-corrected chi connectivity index (χ1v) is 7.67. The summed E-state index contributed by atoms with van der Waals surface area (Å²) in [6.45, 7) is 9.18. The topological polar surface area (TPSA) is 58.1 Å². The number of rotatable bonds is 7. The van der Waals surface area contributed by atoms with Crippen LogP contribution in [-0.2, 0) is 6.54 Å². The van der Waals surface area contributed by atoms with Crippen molar-refractivity contribution in [3.8, 4) is 0 Å². The van der Waals surface area contributed by atoms with E-state index in [-0.39, 0.29) is 5.91 Å². The average molecular weight is 310 g/mol. The van der Waals surface area contributed by atoms with E-state index in [0.29, 0.717) is 37.0 Å². The lowest BCUT2D eigenvalue weighted by Crippen LogP contribution is -2.31. The van der Waals surface area contributed by atoms with Crippen LogP contribution in [0.2, 0.25) is 0 Å². The molecule has 0 spiro atoms. The molecule has 2 aromatic rings. The largest absolute Gasteiger partial charge is 0.366 e. The molecule has 0 atom stereocenters. The summed E-state index contributed by atoms with van der Waals surface area (Å²) in [5.74, 6) is 1.11. The molecule has 0 fully saturated rings. The quantitative estimate of drug-likeness (QED) is 0.799. The molecule has 1 aromatic carbocycles. The summed E-state index contributed by atoms with van der Waals surface area (Å²) in [6.07, 6.45) is 1.74. The molecule has 0 aliphatic heterocycles. The molecule has 23 heavy (non-hydrogen) atoms. The van der Waals surface area contributed by atoms with Gasteiger partial charge in [0.25, 0.3) is 5.91 Å². The molecule has 5 nitrogen and oxygen atoms in total. The third kappa shape index (κ3) is 4.64. The Morgan fingerprint density at radius 1 is 1.30 bits per heavy atom. The monoisotopic (exact) mass is 310 g/mol. The number of aryl methyl sites for hydroxylation is 1. The fraction of sp³-hybridized carbons (Fsp3) is 0.278. The minimum Gasteiger partial charge on any atom is -0.366 e. The Hall–Kier alpha value is -2.69. The highest BCUT2D eigenvalue weighted by Gasteiger charge is 2.17. The molecule has 1 heterocycles. The molecular formula is C18H22N4O. The van der Waals surface area contributed by atoms with Gasteiger partial charge in [-0.3, -0.25) is 4.79 Å². The van der Waals surface area contributed by atoms with Gasteiger partial charge in [-0.25, -0.2) is 9.97 Å². The maximum atomic E-state index is 12.7. The molecular weight excluding hydrogens is 288 g/mol. The van der Waals surface area contributed by atoms with Crippen molar-refractivity contribution in [3.63, 3.8) is 0 Å². The van der Waals surface area contributed by atoms with Crippen LogP contribution in [-0.4, -0.2) is 33.9 Å². The molecule has 120 valence electrons. The fourth-order valence-corrected chi connectivity index (χ4v) is 2.24. The van der Waals surface area contributed by atoms with Crippen molar-refractivity contribution >= 4 is 11.7 Å². The van der Waals surface area contributed by atoms with E-state index in [1.54, 1.807) is 24.0 Å². The number of aromatic nitrogens is 2. The van der Waals surface area contributed by atoms with E-state index in [2.05, 4.69) is 21.9 Å². The van der Waals surface area contributed by atoms with Crippen LogP contribution in [0.1, 0.15) is 28.8 Å². The number of carbonyl (C=O) groups is 1. The molecule has 0 aliphatic carbocycles. The van der Waals surface area contributed by atoms with E-state index >= 15 is 0 Å². The summed E-state index contributed by atoms with van der Waals surface area (Å²) in [5.41, 5.74) is 1.50. The zero-order chi connectivity index (χ0) is 16.7. The maximum absolute atomic E-state index is 12.7. The van der Waals surface area contributed by atoms with Crippen molar-refractivity contribution in [1.82, 2.24) is 14.9 Å². The number of carbonyl (C=O) groups excluding carboxylic acids is 1. The van der Waals surface area contributed by atoms with Gasteiger partial charge in [-0.15, -0.1) is 6.58 Å². The van der Waals surface area contributed by atoms with Crippen molar-refractivity contribution in [3.05, 3.63) is 66.1 Å². The van der Waals surface area contributed by atoms with Gasteiger partial charge in [-0.1, -0.05) is 36.4 Å². The molecule has 0 bridgehead atoms. The van der Waals surface area contributed by atoms with Gasteiger partial charge in [0.2, 0.25) is 0 Å². The van der Waals surface area contributed by atoms with Gasteiger partial charge in [0, 0.05) is 25.7 Å². The fourth-order valence-electron chi connectivity index (χ4n) is 2.24. The van der Waals surface area contributed by atoms with Gasteiger partial charge >= 0.3 is 0 Å². The van der Waals surface area contributed by atoms with E-state index in [0.717, 1.165) is 5.56 Å². The Balaban J connectivity index is 2.19. The summed E-state index contributed by atoms with van der Waals surface area (Å²) < 4.78 is 0. The van der Waals surface area contributed by atoms with Crippen molar-refractivity contribution in [1.29, 1.82) is 0 Å². The third-order valence-corrected chi connectivity index (χ3v) is 3.37. The molecule has 5 heteroatoms. The predicted octanol–water partition coefficient (Wildman–Crippen LogP) is 3.05. The SMILES string of the molecule is C=CCNc1cc(C(=O)N(CC)Cc2ccccc2)nc(C)n1. The van der Waals surface area contributed by atoms with Crippen LogP contribution in [0.3, 0.4) is 0 Å². The molecule has 0 unspecified atom stereocenters. The van der Waals surface area contributed by atoms with Crippen LogP contribution >= 0.6 is 0 Å². The minimum absolute atomic E-state index is 0.0940. The second kappa shape index (κ2) is 8.08. The lowest BCUT2D eigenvalue weighted by atomic mass is 10.2. The van der Waals surface area contributed by atoms with Gasteiger partial charge in [-0.05, 0) is 19.4 Å². The Labute approximate surface area is 137 Å². The maximum Gasteiger partial charge on any atom is 0.272 e. The van der Waals surface area contributed by atoms with E-state index < -0.39 is 0 Å². The average Bonchev–Trinajstić information content (AvgIpc) is 2.57. The molecule has 0 saturated heterocycles. The summed E-state index contributed by atoms with van der Waals surface area (Å²) in [7, 11) is 0. The third-order valence-electron chi connectivity index (χ3n) is 3.37. The first-order valence-electron chi connectivity index (χ1n) is 7.67. The zero-order valence-corrected chi connectivity index (χ0v) is 13.6. The predicted molar refractivity (Wildman–Crippen MR) is 92.3 cm³/mol. The molecule has 0 aliphatic rings. The van der Waals surface area contributed by atoms with Gasteiger partial charge < -0.3 is 10.2 Å². The molecule has 2 rings (SSSR count). The first-order chi connectivity index (χ1) is 11.1. The smallest absolute Gasteiger partial charge is 0.272 e. The summed E-state index contributed by atoms with van der Waals surface area (Å²) in [5, 5.41) is 3.10. The number of benzene rings is 1. The van der Waals surface area contributed by atoms with Crippen molar-refractivity contribution < 1.29 is 4.79 Å². The molecule has 1 aromatic heterocycles. The number of hydrogen-bond donors (Lipinski definition) is 1. The number of anilines is 1. The Morgan fingerprint density at radius 2 is 2.04 bits per heavy atom. The van der Waals surface area contributed by atoms with Crippen LogP contribution in [0.15, 0.2) is 49.1 Å². The zero-order valence-electron chi connectivity index (χ0n) is 13.6. The number of hydrogen-bond acceptors (Lipinski definition) is 4. The Bertz CT molecular complexity index is 670. The molecule has 1 amide bonds. The van der Waals surface area contributed by atoms with Gasteiger partial charge in [0.05, 0.1) is 0 Å². The highest BCUT2D eigenvalue weighted by Crippen LogP contribution is 2.12. The summed E-state index contributed by atoms with van der Waals surface area (Å²) >= 11 is 0. The van der Waals surface area contributed by atoms with Crippen LogP contribution in [0, 0.1) is 6.92 Å². The van der Waals surface area contributed by atoms with Crippen LogP contribution in [0.25, 0.3) is 0 Å². The summed E-state index contributed by atoms with van der Waals surface area (Å²) in [6, 6.07) is 11.6. The van der Waals surface area contributed by atoms with E-state index in [4.69, 9.17) is 0 Å². The molecule has 0 saturated carbocycles. The Morgan fingerprint density at radius 3 is 2.70 bits per heavy atom.